The molecular weight excluding hydrogens is 272 g/mol. The zero-order chi connectivity index (χ0) is 15.2. The van der Waals surface area contributed by atoms with Gasteiger partial charge in [-0.2, -0.15) is 0 Å². The lowest BCUT2D eigenvalue weighted by atomic mass is 10.1. The summed E-state index contributed by atoms with van der Waals surface area (Å²) in [6.45, 7) is 0.521. The second kappa shape index (κ2) is 7.25. The van der Waals surface area contributed by atoms with E-state index in [-0.39, 0.29) is 0 Å². The number of aromatic nitrogens is 1. The molecule has 116 valence electrons. The Balaban J connectivity index is 1.66. The number of benzene rings is 1. The Labute approximate surface area is 131 Å². The van der Waals surface area contributed by atoms with E-state index in [9.17, 15) is 0 Å². The molecule has 0 spiro atoms. The molecule has 0 amide bonds. The van der Waals surface area contributed by atoms with Crippen LogP contribution >= 0.6 is 0 Å². The molecule has 2 aromatic rings. The van der Waals surface area contributed by atoms with Gasteiger partial charge < -0.3 is 11.1 Å². The summed E-state index contributed by atoms with van der Waals surface area (Å²) in [4.78, 5) is 8.94. The zero-order valence-electron chi connectivity index (χ0n) is 13.0. The van der Waals surface area contributed by atoms with Crippen molar-refractivity contribution in [1.82, 2.24) is 10.3 Å². The van der Waals surface area contributed by atoms with Crippen molar-refractivity contribution in [2.24, 2.45) is 10.7 Å². The van der Waals surface area contributed by atoms with E-state index in [0.29, 0.717) is 18.5 Å². The van der Waals surface area contributed by atoms with Gasteiger partial charge in [-0.3, -0.25) is 4.98 Å². The Kier molecular flexibility index (Phi) is 4.88. The molecule has 1 fully saturated rings. The zero-order valence-corrected chi connectivity index (χ0v) is 13.0. The second-order valence-corrected chi connectivity index (χ2v) is 6.01. The SMILES string of the molecule is NC(=NCc1nccc2ccccc12)NC1CCCCCC1. The van der Waals surface area contributed by atoms with Crippen molar-refractivity contribution < 1.29 is 0 Å². The minimum Gasteiger partial charge on any atom is -0.370 e. The van der Waals surface area contributed by atoms with E-state index >= 15 is 0 Å². The third-order valence-corrected chi connectivity index (χ3v) is 4.36. The third-order valence-electron chi connectivity index (χ3n) is 4.36. The van der Waals surface area contributed by atoms with Gasteiger partial charge >= 0.3 is 0 Å². The number of rotatable bonds is 3. The number of fused-ring (bicyclic) bond motifs is 1. The predicted molar refractivity (Wildman–Crippen MR) is 91.7 cm³/mol. The maximum atomic E-state index is 6.06. The van der Waals surface area contributed by atoms with Crippen LogP contribution in [0.1, 0.15) is 44.2 Å². The van der Waals surface area contributed by atoms with Crippen molar-refractivity contribution in [2.75, 3.05) is 0 Å². The van der Waals surface area contributed by atoms with Gasteiger partial charge in [0.25, 0.3) is 0 Å². The molecule has 3 N–H and O–H groups in total. The third kappa shape index (κ3) is 3.75. The van der Waals surface area contributed by atoms with Crippen LogP contribution in [0.4, 0.5) is 0 Å². The first-order valence-electron chi connectivity index (χ1n) is 8.22. The normalized spacial score (nSPS) is 17.4. The van der Waals surface area contributed by atoms with Gasteiger partial charge in [0.2, 0.25) is 0 Å². The first-order valence-corrected chi connectivity index (χ1v) is 8.22. The molecular formula is C18H24N4. The van der Waals surface area contributed by atoms with E-state index in [1.165, 1.54) is 43.9 Å². The highest BCUT2D eigenvalue weighted by molar-refractivity contribution is 5.84. The van der Waals surface area contributed by atoms with Crippen LogP contribution in [0.3, 0.4) is 0 Å². The van der Waals surface area contributed by atoms with Gasteiger partial charge in [-0.1, -0.05) is 49.9 Å². The fraction of sp³-hybridized carbons (Fsp3) is 0.444. The van der Waals surface area contributed by atoms with E-state index in [1.807, 2.05) is 24.4 Å². The average Bonchev–Trinajstić information content (AvgIpc) is 2.81. The molecule has 1 saturated carbocycles. The molecule has 0 unspecified atom stereocenters. The van der Waals surface area contributed by atoms with E-state index in [1.54, 1.807) is 0 Å². The Bertz CT molecular complexity index is 637. The Hall–Kier alpha value is -2.10. The number of nitrogens with one attached hydrogen (secondary N) is 1. The van der Waals surface area contributed by atoms with Crippen LogP contribution in [-0.2, 0) is 6.54 Å². The fourth-order valence-electron chi connectivity index (χ4n) is 3.15. The number of hydrogen-bond acceptors (Lipinski definition) is 2. The molecule has 1 aromatic heterocycles. The number of nitrogens with zero attached hydrogens (tertiary/aromatic N) is 2. The number of nitrogens with two attached hydrogens (primary N) is 1. The Morgan fingerprint density at radius 3 is 2.73 bits per heavy atom. The summed E-state index contributed by atoms with van der Waals surface area (Å²) < 4.78 is 0. The second-order valence-electron chi connectivity index (χ2n) is 6.01. The van der Waals surface area contributed by atoms with Gasteiger partial charge in [0.05, 0.1) is 12.2 Å². The molecule has 4 heteroatoms. The van der Waals surface area contributed by atoms with Crippen molar-refractivity contribution in [2.45, 2.75) is 51.1 Å². The van der Waals surface area contributed by atoms with Crippen LogP contribution in [0.25, 0.3) is 10.8 Å². The first kappa shape index (κ1) is 14.8. The highest BCUT2D eigenvalue weighted by Gasteiger charge is 2.12. The molecule has 1 aliphatic rings. The van der Waals surface area contributed by atoms with Crippen molar-refractivity contribution in [1.29, 1.82) is 0 Å². The van der Waals surface area contributed by atoms with Crippen LogP contribution in [0.15, 0.2) is 41.5 Å². The molecule has 0 aliphatic heterocycles. The summed E-state index contributed by atoms with van der Waals surface area (Å²) in [5.74, 6) is 0.543. The van der Waals surface area contributed by atoms with E-state index in [0.717, 1.165) is 11.1 Å². The standard InChI is InChI=1S/C18H24N4/c19-18(22-15-8-3-1-2-4-9-15)21-13-17-16-10-6-5-7-14(16)11-12-20-17/h5-7,10-12,15H,1-4,8-9,13H2,(H3,19,21,22). The van der Waals surface area contributed by atoms with Gasteiger partial charge in [0.1, 0.15) is 0 Å². The molecule has 1 heterocycles. The summed E-state index contributed by atoms with van der Waals surface area (Å²) in [5.41, 5.74) is 7.03. The van der Waals surface area contributed by atoms with Crippen molar-refractivity contribution in [3.8, 4) is 0 Å². The summed E-state index contributed by atoms with van der Waals surface area (Å²) in [5, 5.41) is 5.72. The number of aliphatic imine (C=N–C) groups is 1. The van der Waals surface area contributed by atoms with E-state index < -0.39 is 0 Å². The summed E-state index contributed by atoms with van der Waals surface area (Å²) in [6, 6.07) is 10.8. The van der Waals surface area contributed by atoms with Gasteiger partial charge in [-0.25, -0.2) is 4.99 Å². The fourth-order valence-corrected chi connectivity index (χ4v) is 3.15. The van der Waals surface area contributed by atoms with Crippen LogP contribution in [0.5, 0.6) is 0 Å². The van der Waals surface area contributed by atoms with Gasteiger partial charge in [-0.05, 0) is 24.3 Å². The highest BCUT2D eigenvalue weighted by Crippen LogP contribution is 2.18. The van der Waals surface area contributed by atoms with E-state index in [2.05, 4.69) is 27.4 Å². The largest absolute Gasteiger partial charge is 0.370 e. The molecule has 22 heavy (non-hydrogen) atoms. The van der Waals surface area contributed by atoms with Crippen LogP contribution < -0.4 is 11.1 Å². The minimum absolute atomic E-state index is 0.478. The molecule has 0 radical (unpaired) electrons. The quantitative estimate of drug-likeness (QED) is 0.518. The molecule has 3 rings (SSSR count). The lowest BCUT2D eigenvalue weighted by molar-refractivity contribution is 0.530. The van der Waals surface area contributed by atoms with E-state index in [4.69, 9.17) is 5.73 Å². The smallest absolute Gasteiger partial charge is 0.189 e. The first-order chi connectivity index (χ1) is 10.8. The minimum atomic E-state index is 0.478. The molecule has 0 saturated heterocycles. The van der Waals surface area contributed by atoms with Gasteiger partial charge in [-0.15, -0.1) is 0 Å². The van der Waals surface area contributed by atoms with Gasteiger partial charge in [0, 0.05) is 17.6 Å². The summed E-state index contributed by atoms with van der Waals surface area (Å²) in [7, 11) is 0. The van der Waals surface area contributed by atoms with Crippen molar-refractivity contribution >= 4 is 16.7 Å². The van der Waals surface area contributed by atoms with Crippen molar-refractivity contribution in [3.05, 3.63) is 42.2 Å². The Morgan fingerprint density at radius 2 is 1.91 bits per heavy atom. The maximum absolute atomic E-state index is 6.06. The highest BCUT2D eigenvalue weighted by atomic mass is 15.1. The topological polar surface area (TPSA) is 63.3 Å². The average molecular weight is 296 g/mol. The number of hydrogen-bond donors (Lipinski definition) is 2. The predicted octanol–water partition coefficient (Wildman–Crippen LogP) is 3.36. The summed E-state index contributed by atoms with van der Waals surface area (Å²) in [6.07, 6.45) is 9.49. The number of guanidine groups is 1. The lowest BCUT2D eigenvalue weighted by Crippen LogP contribution is -2.39. The monoisotopic (exact) mass is 296 g/mol. The van der Waals surface area contributed by atoms with Crippen LogP contribution in [-0.4, -0.2) is 17.0 Å². The Morgan fingerprint density at radius 1 is 1.14 bits per heavy atom. The maximum Gasteiger partial charge on any atom is 0.189 e. The molecule has 4 nitrogen and oxygen atoms in total. The molecule has 1 aliphatic carbocycles. The van der Waals surface area contributed by atoms with Gasteiger partial charge in [0.15, 0.2) is 5.96 Å². The number of pyridine rings is 1. The van der Waals surface area contributed by atoms with Crippen molar-refractivity contribution in [3.63, 3.8) is 0 Å². The lowest BCUT2D eigenvalue weighted by Gasteiger charge is -2.16. The molecule has 0 atom stereocenters. The summed E-state index contributed by atoms with van der Waals surface area (Å²) >= 11 is 0. The molecule has 1 aromatic carbocycles. The van der Waals surface area contributed by atoms with Crippen LogP contribution in [0, 0.1) is 0 Å². The van der Waals surface area contributed by atoms with Crippen LogP contribution in [0.2, 0.25) is 0 Å². The molecule has 0 bridgehead atoms.